The van der Waals surface area contributed by atoms with Crippen molar-refractivity contribution in [2.45, 2.75) is 25.3 Å². The molecule has 0 bridgehead atoms. The van der Waals surface area contributed by atoms with E-state index in [2.05, 4.69) is 4.72 Å². The number of carbonyl (C=O) groups is 1. The largest absolute Gasteiger partial charge is 0.493 e. The molecule has 0 aliphatic rings. The molecule has 0 heterocycles. The molecule has 0 spiro atoms. The molecule has 3 aromatic carbocycles. The maximum atomic E-state index is 12.8. The van der Waals surface area contributed by atoms with Gasteiger partial charge < -0.3 is 23.8 Å². The number of aryl methyl sites for hydroxylation is 2. The van der Waals surface area contributed by atoms with Crippen LogP contribution in [0.5, 0.6) is 23.0 Å². The van der Waals surface area contributed by atoms with E-state index in [0.717, 1.165) is 11.1 Å². The second-order valence-electron chi connectivity index (χ2n) is 8.47. The zero-order chi connectivity index (χ0) is 27.2. The van der Waals surface area contributed by atoms with Crippen LogP contribution in [-0.4, -0.2) is 54.2 Å². The second-order valence-corrected chi connectivity index (χ2v) is 10.2. The van der Waals surface area contributed by atoms with Crippen LogP contribution in [0.1, 0.15) is 16.7 Å². The highest BCUT2D eigenvalue weighted by molar-refractivity contribution is 7.92. The highest BCUT2D eigenvalue weighted by atomic mass is 32.2. The fraction of sp³-hybridized carbons (Fsp3) is 0.296. The molecule has 1 N–H and O–H groups in total. The predicted molar refractivity (Wildman–Crippen MR) is 141 cm³/mol. The molecule has 0 saturated carbocycles. The van der Waals surface area contributed by atoms with Crippen LogP contribution in [0.2, 0.25) is 0 Å². The van der Waals surface area contributed by atoms with Gasteiger partial charge in [-0.2, -0.15) is 0 Å². The fourth-order valence-electron chi connectivity index (χ4n) is 3.63. The van der Waals surface area contributed by atoms with Crippen LogP contribution in [0.3, 0.4) is 0 Å². The van der Waals surface area contributed by atoms with Gasteiger partial charge in [-0.25, -0.2) is 8.42 Å². The summed E-state index contributed by atoms with van der Waals surface area (Å²) in [5.41, 5.74) is 2.89. The van der Waals surface area contributed by atoms with Crippen LogP contribution in [0.4, 0.5) is 5.69 Å². The van der Waals surface area contributed by atoms with Gasteiger partial charge in [0.05, 0.1) is 26.2 Å². The number of nitrogens with one attached hydrogen (secondary N) is 1. The Kier molecular flexibility index (Phi) is 8.88. The van der Waals surface area contributed by atoms with Crippen molar-refractivity contribution in [3.8, 4) is 23.0 Å². The fourth-order valence-corrected chi connectivity index (χ4v) is 4.77. The monoisotopic (exact) mass is 528 g/mol. The minimum atomic E-state index is -3.77. The Labute approximate surface area is 218 Å². The van der Waals surface area contributed by atoms with Crippen molar-refractivity contribution >= 4 is 21.6 Å². The summed E-state index contributed by atoms with van der Waals surface area (Å²) >= 11 is 0. The van der Waals surface area contributed by atoms with Crippen LogP contribution in [0, 0.1) is 13.8 Å². The van der Waals surface area contributed by atoms with Crippen molar-refractivity contribution in [3.63, 3.8) is 0 Å². The molecule has 3 rings (SSSR count). The average molecular weight is 529 g/mol. The predicted octanol–water partition coefficient (Wildman–Crippen LogP) is 4.17. The normalized spacial score (nSPS) is 11.0. The number of hydrogen-bond acceptors (Lipinski definition) is 7. The van der Waals surface area contributed by atoms with Crippen molar-refractivity contribution in [3.05, 3.63) is 71.3 Å². The first-order valence-corrected chi connectivity index (χ1v) is 12.9. The zero-order valence-corrected chi connectivity index (χ0v) is 22.6. The van der Waals surface area contributed by atoms with E-state index in [-0.39, 0.29) is 17.4 Å². The van der Waals surface area contributed by atoms with Gasteiger partial charge in [-0.05, 0) is 67.4 Å². The minimum absolute atomic E-state index is 0.101. The molecule has 0 radical (unpaired) electrons. The van der Waals surface area contributed by atoms with E-state index in [4.69, 9.17) is 18.9 Å². The van der Waals surface area contributed by atoms with Gasteiger partial charge in [-0.15, -0.1) is 0 Å². The van der Waals surface area contributed by atoms with Gasteiger partial charge in [0.25, 0.3) is 15.9 Å². The van der Waals surface area contributed by atoms with Gasteiger partial charge >= 0.3 is 0 Å². The zero-order valence-electron chi connectivity index (χ0n) is 21.8. The molecule has 0 aromatic heterocycles. The van der Waals surface area contributed by atoms with Gasteiger partial charge in [0.1, 0.15) is 5.75 Å². The molecule has 198 valence electrons. The molecular weight excluding hydrogens is 496 g/mol. The minimum Gasteiger partial charge on any atom is -0.493 e. The van der Waals surface area contributed by atoms with Gasteiger partial charge in [0.2, 0.25) is 5.75 Å². The number of rotatable bonds is 11. The quantitative estimate of drug-likeness (QED) is 0.398. The lowest BCUT2D eigenvalue weighted by atomic mass is 10.1. The SMILES string of the molecule is COc1cc(CN(C)C(=O)COc2ccc(S(=O)(=O)Nc3ccc(C)cc3)cc2C)cc(OC)c1OC. The van der Waals surface area contributed by atoms with E-state index in [1.54, 1.807) is 44.3 Å². The van der Waals surface area contributed by atoms with Gasteiger partial charge in [-0.3, -0.25) is 9.52 Å². The molecule has 0 saturated heterocycles. The summed E-state index contributed by atoms with van der Waals surface area (Å²) in [7, 11) is 2.47. The van der Waals surface area contributed by atoms with Crippen molar-refractivity contribution in [2.24, 2.45) is 0 Å². The Balaban J connectivity index is 1.64. The lowest BCUT2D eigenvalue weighted by Gasteiger charge is -2.20. The van der Waals surface area contributed by atoms with E-state index >= 15 is 0 Å². The summed E-state index contributed by atoms with van der Waals surface area (Å²) in [6.07, 6.45) is 0. The third-order valence-corrected chi connectivity index (χ3v) is 7.06. The summed E-state index contributed by atoms with van der Waals surface area (Å²) in [4.78, 5) is 14.3. The summed E-state index contributed by atoms with van der Waals surface area (Å²) < 4.78 is 49.9. The molecule has 0 fully saturated rings. The number of benzene rings is 3. The molecule has 0 atom stereocenters. The maximum absolute atomic E-state index is 12.8. The number of nitrogens with zero attached hydrogens (tertiary/aromatic N) is 1. The molecule has 0 unspecified atom stereocenters. The van der Waals surface area contributed by atoms with Crippen molar-refractivity contribution in [1.29, 1.82) is 0 Å². The van der Waals surface area contributed by atoms with E-state index in [9.17, 15) is 13.2 Å². The first-order chi connectivity index (χ1) is 17.6. The van der Waals surface area contributed by atoms with Gasteiger partial charge in [0, 0.05) is 19.3 Å². The highest BCUT2D eigenvalue weighted by Crippen LogP contribution is 2.38. The number of likely N-dealkylation sites (N-methyl/N-ethyl adjacent to an activating group) is 1. The van der Waals surface area contributed by atoms with Crippen LogP contribution < -0.4 is 23.7 Å². The van der Waals surface area contributed by atoms with Crippen LogP contribution >= 0.6 is 0 Å². The Hall–Kier alpha value is -3.92. The summed E-state index contributed by atoms with van der Waals surface area (Å²) in [5.74, 6) is 1.63. The van der Waals surface area contributed by atoms with E-state index in [1.165, 1.54) is 38.4 Å². The molecule has 37 heavy (non-hydrogen) atoms. The van der Waals surface area contributed by atoms with E-state index in [0.29, 0.717) is 40.8 Å². The number of hydrogen-bond donors (Lipinski definition) is 1. The van der Waals surface area contributed by atoms with Crippen molar-refractivity contribution < 1.29 is 32.2 Å². The topological polar surface area (TPSA) is 103 Å². The highest BCUT2D eigenvalue weighted by Gasteiger charge is 2.18. The third kappa shape index (κ3) is 6.85. The number of ether oxygens (including phenoxy) is 4. The Morgan fingerprint density at radius 2 is 1.49 bits per heavy atom. The Morgan fingerprint density at radius 3 is 2.03 bits per heavy atom. The maximum Gasteiger partial charge on any atom is 0.261 e. The number of anilines is 1. The summed E-state index contributed by atoms with van der Waals surface area (Å²) in [6.45, 7) is 3.73. The first kappa shape index (κ1) is 27.7. The van der Waals surface area contributed by atoms with E-state index < -0.39 is 10.0 Å². The average Bonchev–Trinajstić information content (AvgIpc) is 2.88. The van der Waals surface area contributed by atoms with E-state index in [1.807, 2.05) is 19.1 Å². The molecule has 0 aliphatic carbocycles. The number of amides is 1. The molecular formula is C27H32N2O7S. The third-order valence-electron chi connectivity index (χ3n) is 5.68. The van der Waals surface area contributed by atoms with Crippen LogP contribution in [0.25, 0.3) is 0 Å². The smallest absolute Gasteiger partial charge is 0.261 e. The molecule has 10 heteroatoms. The standard InChI is InChI=1S/C27H32N2O7S/c1-18-7-9-21(10-8-18)28-37(31,32)22-11-12-23(19(2)13-22)36-17-26(30)29(3)16-20-14-24(33-4)27(35-6)25(15-20)34-5/h7-15,28H,16-17H2,1-6H3. The second kappa shape index (κ2) is 11.9. The van der Waals surface area contributed by atoms with Gasteiger partial charge in [0.15, 0.2) is 18.1 Å². The lowest BCUT2D eigenvalue weighted by molar-refractivity contribution is -0.132. The molecule has 9 nitrogen and oxygen atoms in total. The first-order valence-electron chi connectivity index (χ1n) is 11.4. The Bertz CT molecular complexity index is 1330. The summed E-state index contributed by atoms with van der Waals surface area (Å²) in [5, 5.41) is 0. The number of methoxy groups -OCH3 is 3. The summed E-state index contributed by atoms with van der Waals surface area (Å²) in [6, 6.07) is 15.1. The van der Waals surface area contributed by atoms with Crippen molar-refractivity contribution in [1.82, 2.24) is 4.90 Å². The van der Waals surface area contributed by atoms with Crippen molar-refractivity contribution in [2.75, 3.05) is 39.7 Å². The number of carbonyl (C=O) groups excluding carboxylic acids is 1. The molecule has 3 aromatic rings. The molecule has 1 amide bonds. The lowest BCUT2D eigenvalue weighted by Crippen LogP contribution is -2.31. The Morgan fingerprint density at radius 1 is 0.865 bits per heavy atom. The molecule has 0 aliphatic heterocycles. The van der Waals surface area contributed by atoms with Crippen LogP contribution in [0.15, 0.2) is 59.5 Å². The van der Waals surface area contributed by atoms with Gasteiger partial charge in [-0.1, -0.05) is 17.7 Å². The van der Waals surface area contributed by atoms with Crippen LogP contribution in [-0.2, 0) is 21.4 Å². The number of sulfonamides is 1.